The number of nitrogens with zero attached hydrogens (tertiary/aromatic N) is 2. The summed E-state index contributed by atoms with van der Waals surface area (Å²) in [7, 11) is 0. The first-order valence-corrected chi connectivity index (χ1v) is 9.57. The average Bonchev–Trinajstić information content (AvgIpc) is 2.81. The lowest BCUT2D eigenvalue weighted by Gasteiger charge is -2.32. The molecule has 0 bridgehead atoms. The fourth-order valence-electron chi connectivity index (χ4n) is 3.19. The van der Waals surface area contributed by atoms with Crippen molar-refractivity contribution >= 4 is 46.9 Å². The van der Waals surface area contributed by atoms with Gasteiger partial charge in [-0.1, -0.05) is 11.6 Å². The van der Waals surface area contributed by atoms with E-state index in [9.17, 15) is 18.8 Å². The molecule has 1 aromatic carbocycles. The zero-order valence-corrected chi connectivity index (χ0v) is 15.1. The minimum Gasteiger partial charge on any atom is -0.352 e. The number of hydrogen-bond acceptors (Lipinski definition) is 4. The number of fused-ring (bicyclic) bond motifs is 1. The molecule has 6 nitrogen and oxygen atoms in total. The third-order valence-electron chi connectivity index (χ3n) is 4.35. The molecule has 2 heterocycles. The lowest BCUT2D eigenvalue weighted by atomic mass is 9.98. The second-order valence-electron chi connectivity index (χ2n) is 5.99. The highest BCUT2D eigenvalue weighted by atomic mass is 35.5. The Kier molecular flexibility index (Phi) is 5.19. The van der Waals surface area contributed by atoms with E-state index in [0.717, 1.165) is 11.0 Å². The normalized spacial score (nSPS) is 23.0. The smallest absolute Gasteiger partial charge is 0.332 e. The van der Waals surface area contributed by atoms with Crippen LogP contribution in [0.15, 0.2) is 18.2 Å². The summed E-state index contributed by atoms with van der Waals surface area (Å²) in [5, 5.41) is 2.75. The van der Waals surface area contributed by atoms with E-state index >= 15 is 0 Å². The van der Waals surface area contributed by atoms with Gasteiger partial charge in [-0.2, -0.15) is 11.8 Å². The van der Waals surface area contributed by atoms with Gasteiger partial charge in [0.25, 0.3) is 5.91 Å². The molecule has 2 fully saturated rings. The SMILES string of the molecule is CSCC(=O)N[C@@H]1CCN2C(=O)N(c3ccc(F)c(Cl)c3)C(=O)[C@@H]2C1. The molecule has 2 aliphatic heterocycles. The number of halogens is 2. The zero-order valence-electron chi connectivity index (χ0n) is 13.5. The molecule has 0 unspecified atom stereocenters. The van der Waals surface area contributed by atoms with Crippen LogP contribution in [0, 0.1) is 5.82 Å². The third-order valence-corrected chi connectivity index (χ3v) is 5.19. The van der Waals surface area contributed by atoms with Gasteiger partial charge in [0.1, 0.15) is 11.9 Å². The molecule has 25 heavy (non-hydrogen) atoms. The number of anilines is 1. The largest absolute Gasteiger partial charge is 0.352 e. The molecule has 0 spiro atoms. The topological polar surface area (TPSA) is 69.7 Å². The summed E-state index contributed by atoms with van der Waals surface area (Å²) in [6, 6.07) is 2.54. The number of benzene rings is 1. The Labute approximate surface area is 153 Å². The maximum atomic E-state index is 13.3. The molecular weight excluding hydrogens is 369 g/mol. The van der Waals surface area contributed by atoms with E-state index in [0.29, 0.717) is 25.1 Å². The van der Waals surface area contributed by atoms with Crippen molar-refractivity contribution in [2.75, 3.05) is 23.5 Å². The second kappa shape index (κ2) is 7.21. The van der Waals surface area contributed by atoms with E-state index < -0.39 is 17.9 Å². The van der Waals surface area contributed by atoms with Crippen LogP contribution < -0.4 is 10.2 Å². The summed E-state index contributed by atoms with van der Waals surface area (Å²) >= 11 is 7.19. The third kappa shape index (κ3) is 3.46. The maximum absolute atomic E-state index is 13.3. The van der Waals surface area contributed by atoms with Crippen LogP contribution in [-0.2, 0) is 9.59 Å². The number of hydrogen-bond donors (Lipinski definition) is 1. The molecule has 2 atom stereocenters. The number of amides is 4. The van der Waals surface area contributed by atoms with Crippen LogP contribution in [-0.4, -0.2) is 53.4 Å². The van der Waals surface area contributed by atoms with Crippen LogP contribution in [0.5, 0.6) is 0 Å². The highest BCUT2D eigenvalue weighted by Gasteiger charge is 2.48. The van der Waals surface area contributed by atoms with Gasteiger partial charge in [0.15, 0.2) is 0 Å². The molecule has 9 heteroatoms. The number of urea groups is 1. The Balaban J connectivity index is 1.76. The molecule has 0 aliphatic carbocycles. The molecule has 0 radical (unpaired) electrons. The summed E-state index contributed by atoms with van der Waals surface area (Å²) in [5.74, 6) is -0.710. The van der Waals surface area contributed by atoms with Crippen LogP contribution >= 0.6 is 23.4 Å². The van der Waals surface area contributed by atoms with Gasteiger partial charge in [-0.3, -0.25) is 9.59 Å². The monoisotopic (exact) mass is 385 g/mol. The van der Waals surface area contributed by atoms with E-state index in [1.54, 1.807) is 0 Å². The minimum absolute atomic E-state index is 0.0788. The molecular formula is C16H17ClFN3O3S. The Hall–Kier alpha value is -1.80. The Bertz CT molecular complexity index is 733. The van der Waals surface area contributed by atoms with E-state index in [4.69, 9.17) is 11.6 Å². The first-order valence-electron chi connectivity index (χ1n) is 7.80. The van der Waals surface area contributed by atoms with Crippen molar-refractivity contribution in [3.8, 4) is 0 Å². The van der Waals surface area contributed by atoms with Gasteiger partial charge < -0.3 is 10.2 Å². The van der Waals surface area contributed by atoms with Crippen molar-refractivity contribution < 1.29 is 18.8 Å². The van der Waals surface area contributed by atoms with Crippen LogP contribution in [0.1, 0.15) is 12.8 Å². The number of nitrogens with one attached hydrogen (secondary N) is 1. The quantitative estimate of drug-likeness (QED) is 0.807. The molecule has 4 amide bonds. The van der Waals surface area contributed by atoms with Gasteiger partial charge in [-0.15, -0.1) is 0 Å². The van der Waals surface area contributed by atoms with Gasteiger partial charge >= 0.3 is 6.03 Å². The molecule has 0 aromatic heterocycles. The number of carbonyl (C=O) groups excluding carboxylic acids is 3. The minimum atomic E-state index is -0.621. The van der Waals surface area contributed by atoms with Gasteiger partial charge in [0.2, 0.25) is 5.91 Å². The van der Waals surface area contributed by atoms with E-state index in [2.05, 4.69) is 5.32 Å². The zero-order chi connectivity index (χ0) is 18.1. The molecule has 1 aromatic rings. The van der Waals surface area contributed by atoms with Gasteiger partial charge in [-0.25, -0.2) is 14.1 Å². The van der Waals surface area contributed by atoms with Crippen LogP contribution in [0.2, 0.25) is 5.02 Å². The van der Waals surface area contributed by atoms with Crippen LogP contribution in [0.4, 0.5) is 14.9 Å². The van der Waals surface area contributed by atoms with Crippen molar-refractivity contribution in [2.45, 2.75) is 24.9 Å². The predicted molar refractivity (Wildman–Crippen MR) is 94.3 cm³/mol. The van der Waals surface area contributed by atoms with Crippen molar-refractivity contribution in [3.05, 3.63) is 29.0 Å². The Morgan fingerprint density at radius 1 is 1.44 bits per heavy atom. The Morgan fingerprint density at radius 3 is 2.88 bits per heavy atom. The summed E-state index contributed by atoms with van der Waals surface area (Å²) in [4.78, 5) is 39.6. The van der Waals surface area contributed by atoms with Crippen LogP contribution in [0.25, 0.3) is 0 Å². The van der Waals surface area contributed by atoms with Crippen molar-refractivity contribution in [3.63, 3.8) is 0 Å². The maximum Gasteiger partial charge on any atom is 0.332 e. The molecule has 134 valence electrons. The fourth-order valence-corrected chi connectivity index (χ4v) is 3.71. The van der Waals surface area contributed by atoms with E-state index in [-0.39, 0.29) is 28.6 Å². The van der Waals surface area contributed by atoms with E-state index in [1.165, 1.54) is 28.8 Å². The lowest BCUT2D eigenvalue weighted by molar-refractivity contribution is -0.123. The number of piperidine rings is 1. The fraction of sp³-hybridized carbons (Fsp3) is 0.438. The van der Waals surface area contributed by atoms with Gasteiger partial charge in [-0.05, 0) is 37.3 Å². The van der Waals surface area contributed by atoms with Crippen LogP contribution in [0.3, 0.4) is 0 Å². The second-order valence-corrected chi connectivity index (χ2v) is 7.26. The average molecular weight is 386 g/mol. The first-order chi connectivity index (χ1) is 11.9. The number of thioether (sulfide) groups is 1. The summed E-state index contributed by atoms with van der Waals surface area (Å²) in [5.41, 5.74) is 0.249. The Morgan fingerprint density at radius 2 is 2.20 bits per heavy atom. The van der Waals surface area contributed by atoms with E-state index in [1.807, 2.05) is 6.26 Å². The predicted octanol–water partition coefficient (Wildman–Crippen LogP) is 2.26. The number of imide groups is 1. The van der Waals surface area contributed by atoms with Crippen molar-refractivity contribution in [2.24, 2.45) is 0 Å². The standard InChI is InChI=1S/C16H17ClFN3O3S/c1-25-8-14(22)19-9-4-5-20-13(6-9)15(23)21(16(20)24)10-2-3-12(18)11(17)7-10/h2-3,7,9,13H,4-6,8H2,1H3,(H,19,22)/t9-,13+/m1/s1. The van der Waals surface area contributed by atoms with Crippen molar-refractivity contribution in [1.82, 2.24) is 10.2 Å². The molecule has 1 N–H and O–H groups in total. The van der Waals surface area contributed by atoms with Crippen molar-refractivity contribution in [1.29, 1.82) is 0 Å². The summed E-state index contributed by atoms with van der Waals surface area (Å²) in [6.07, 6.45) is 2.80. The van der Waals surface area contributed by atoms with Gasteiger partial charge in [0.05, 0.1) is 16.5 Å². The van der Waals surface area contributed by atoms with Gasteiger partial charge in [0, 0.05) is 12.6 Å². The summed E-state index contributed by atoms with van der Waals surface area (Å²) in [6.45, 7) is 0.380. The lowest BCUT2D eigenvalue weighted by Crippen LogP contribution is -2.50. The number of carbonyl (C=O) groups is 3. The molecule has 2 aliphatic rings. The highest BCUT2D eigenvalue weighted by Crippen LogP contribution is 2.32. The summed E-state index contributed by atoms with van der Waals surface area (Å²) < 4.78 is 13.3. The number of rotatable bonds is 4. The molecule has 3 rings (SSSR count). The highest BCUT2D eigenvalue weighted by molar-refractivity contribution is 7.99. The molecule has 2 saturated heterocycles. The first kappa shape index (κ1) is 18.0. The molecule has 0 saturated carbocycles.